The molecule has 0 unspecified atom stereocenters. The molecule has 3 atom stereocenters. The molecular formula is C20H27N3O2. The molecule has 2 fully saturated rings. The fourth-order valence-corrected chi connectivity index (χ4v) is 4.23. The van der Waals surface area contributed by atoms with E-state index in [0.29, 0.717) is 19.3 Å². The molecule has 3 heterocycles. The summed E-state index contributed by atoms with van der Waals surface area (Å²) in [6.07, 6.45) is 7.03. The van der Waals surface area contributed by atoms with Crippen LogP contribution >= 0.6 is 0 Å². The van der Waals surface area contributed by atoms with Gasteiger partial charge in [0.15, 0.2) is 0 Å². The summed E-state index contributed by atoms with van der Waals surface area (Å²) in [5, 5.41) is 14.9. The van der Waals surface area contributed by atoms with Gasteiger partial charge >= 0.3 is 0 Å². The number of ether oxygens (including phenoxy) is 1. The van der Waals surface area contributed by atoms with Gasteiger partial charge in [0.05, 0.1) is 25.5 Å². The Hall–Kier alpha value is -1.69. The van der Waals surface area contributed by atoms with Crippen molar-refractivity contribution >= 4 is 0 Å². The summed E-state index contributed by atoms with van der Waals surface area (Å²) in [7, 11) is 0. The molecular weight excluding hydrogens is 314 g/mol. The molecule has 0 radical (unpaired) electrons. The largest absolute Gasteiger partial charge is 0.393 e. The first-order chi connectivity index (χ1) is 12.3. The first-order valence-electron chi connectivity index (χ1n) is 9.35. The van der Waals surface area contributed by atoms with Crippen molar-refractivity contribution in [2.45, 2.75) is 44.5 Å². The predicted octanol–water partition coefficient (Wildman–Crippen LogP) is 2.29. The lowest BCUT2D eigenvalue weighted by molar-refractivity contribution is -0.0636. The van der Waals surface area contributed by atoms with Crippen molar-refractivity contribution in [2.75, 3.05) is 19.8 Å². The van der Waals surface area contributed by atoms with E-state index in [9.17, 15) is 5.11 Å². The average Bonchev–Trinajstić information content (AvgIpc) is 3.26. The van der Waals surface area contributed by atoms with E-state index in [1.165, 1.54) is 17.5 Å². The van der Waals surface area contributed by atoms with Crippen LogP contribution in [0.3, 0.4) is 0 Å². The van der Waals surface area contributed by atoms with Crippen molar-refractivity contribution in [1.82, 2.24) is 14.7 Å². The highest BCUT2D eigenvalue weighted by Gasteiger charge is 2.37. The van der Waals surface area contributed by atoms with Crippen LogP contribution < -0.4 is 0 Å². The Morgan fingerprint density at radius 2 is 2.00 bits per heavy atom. The number of hydrogen-bond acceptors (Lipinski definition) is 4. The van der Waals surface area contributed by atoms with Crippen LogP contribution in [0.2, 0.25) is 0 Å². The van der Waals surface area contributed by atoms with E-state index in [0.717, 1.165) is 32.5 Å². The number of aliphatic hydroxyl groups is 1. The fourth-order valence-electron chi connectivity index (χ4n) is 4.23. The molecule has 0 spiro atoms. The molecule has 4 rings (SSSR count). The number of benzene rings is 1. The number of nitrogens with zero attached hydrogens (tertiary/aromatic N) is 3. The number of likely N-dealkylation sites (tertiary alicyclic amines) is 1. The number of aromatic nitrogens is 2. The van der Waals surface area contributed by atoms with Crippen LogP contribution in [0.25, 0.3) is 0 Å². The third-order valence-electron chi connectivity index (χ3n) is 5.53. The molecule has 1 aromatic heterocycles. The van der Waals surface area contributed by atoms with Crippen molar-refractivity contribution in [3.8, 4) is 0 Å². The molecule has 2 aliphatic rings. The van der Waals surface area contributed by atoms with Crippen molar-refractivity contribution in [2.24, 2.45) is 5.92 Å². The fraction of sp³-hybridized carbons (Fsp3) is 0.550. The van der Waals surface area contributed by atoms with Gasteiger partial charge in [0, 0.05) is 36.9 Å². The molecule has 25 heavy (non-hydrogen) atoms. The standard InChI is InChI=1S/C20H27N3O2/c24-20-8-10-25-15-18(20)19-7-4-9-22(19)12-17-11-21-23(14-17)13-16-5-2-1-3-6-16/h1-3,5-6,11,14,18-20,24H,4,7-10,12-13,15H2/t18-,19-,20+/m0/s1. The third kappa shape index (κ3) is 3.94. The highest BCUT2D eigenvalue weighted by molar-refractivity contribution is 5.15. The van der Waals surface area contributed by atoms with E-state index < -0.39 is 0 Å². The Morgan fingerprint density at radius 3 is 2.84 bits per heavy atom. The lowest BCUT2D eigenvalue weighted by Crippen LogP contribution is -2.45. The number of rotatable bonds is 5. The SMILES string of the molecule is O[C@@H]1CCOC[C@H]1[C@@H]1CCCN1Cc1cnn(Cc2ccccc2)c1. The Balaban J connectivity index is 1.39. The van der Waals surface area contributed by atoms with Gasteiger partial charge in [-0.2, -0.15) is 5.10 Å². The van der Waals surface area contributed by atoms with E-state index in [1.54, 1.807) is 0 Å². The molecule has 0 amide bonds. The molecule has 0 saturated carbocycles. The molecule has 1 N–H and O–H groups in total. The zero-order valence-electron chi connectivity index (χ0n) is 14.6. The second-order valence-corrected chi connectivity index (χ2v) is 7.31. The topological polar surface area (TPSA) is 50.5 Å². The van der Waals surface area contributed by atoms with Crippen molar-refractivity contribution in [3.05, 3.63) is 53.9 Å². The molecule has 134 valence electrons. The smallest absolute Gasteiger partial charge is 0.0659 e. The van der Waals surface area contributed by atoms with E-state index in [1.807, 2.05) is 16.9 Å². The summed E-state index contributed by atoms with van der Waals surface area (Å²) in [5.41, 5.74) is 2.51. The van der Waals surface area contributed by atoms with Crippen LogP contribution in [0, 0.1) is 5.92 Å². The lowest BCUT2D eigenvalue weighted by Gasteiger charge is -2.36. The monoisotopic (exact) mass is 341 g/mol. The van der Waals surface area contributed by atoms with Crippen LogP contribution in [0.15, 0.2) is 42.7 Å². The summed E-state index contributed by atoms with van der Waals surface area (Å²) in [5.74, 6) is 0.246. The first kappa shape index (κ1) is 16.8. The van der Waals surface area contributed by atoms with Gasteiger partial charge in [-0.1, -0.05) is 30.3 Å². The van der Waals surface area contributed by atoms with Gasteiger partial charge in [-0.15, -0.1) is 0 Å². The Bertz CT molecular complexity index is 673. The first-order valence-corrected chi connectivity index (χ1v) is 9.35. The summed E-state index contributed by atoms with van der Waals surface area (Å²) in [4.78, 5) is 2.51. The van der Waals surface area contributed by atoms with Gasteiger partial charge in [-0.3, -0.25) is 9.58 Å². The molecule has 5 nitrogen and oxygen atoms in total. The zero-order valence-corrected chi connectivity index (χ0v) is 14.6. The van der Waals surface area contributed by atoms with Crippen LogP contribution in [-0.2, 0) is 17.8 Å². The van der Waals surface area contributed by atoms with Crippen molar-refractivity contribution < 1.29 is 9.84 Å². The predicted molar refractivity (Wildman–Crippen MR) is 96.1 cm³/mol. The molecule has 0 bridgehead atoms. The lowest BCUT2D eigenvalue weighted by atomic mass is 9.89. The Labute approximate surface area is 149 Å². The molecule has 2 aliphatic heterocycles. The second-order valence-electron chi connectivity index (χ2n) is 7.31. The molecule has 0 aliphatic carbocycles. The maximum atomic E-state index is 10.4. The van der Waals surface area contributed by atoms with E-state index in [-0.39, 0.29) is 12.0 Å². The van der Waals surface area contributed by atoms with E-state index in [4.69, 9.17) is 4.74 Å². The quantitative estimate of drug-likeness (QED) is 0.907. The minimum Gasteiger partial charge on any atom is -0.393 e. The maximum absolute atomic E-state index is 10.4. The van der Waals surface area contributed by atoms with E-state index >= 15 is 0 Å². The number of hydrogen-bond donors (Lipinski definition) is 1. The van der Waals surface area contributed by atoms with Gasteiger partial charge in [0.2, 0.25) is 0 Å². The molecule has 2 saturated heterocycles. The van der Waals surface area contributed by atoms with Gasteiger partial charge in [0.1, 0.15) is 0 Å². The van der Waals surface area contributed by atoms with Crippen LogP contribution in [-0.4, -0.2) is 51.7 Å². The van der Waals surface area contributed by atoms with Gasteiger partial charge in [-0.25, -0.2) is 0 Å². The number of aliphatic hydroxyl groups excluding tert-OH is 1. The maximum Gasteiger partial charge on any atom is 0.0659 e. The third-order valence-corrected chi connectivity index (χ3v) is 5.53. The minimum atomic E-state index is -0.222. The summed E-state index contributed by atoms with van der Waals surface area (Å²) >= 11 is 0. The summed E-state index contributed by atoms with van der Waals surface area (Å²) < 4.78 is 7.64. The van der Waals surface area contributed by atoms with Gasteiger partial charge in [-0.05, 0) is 31.4 Å². The minimum absolute atomic E-state index is 0.222. The second kappa shape index (κ2) is 7.68. The Morgan fingerprint density at radius 1 is 1.12 bits per heavy atom. The van der Waals surface area contributed by atoms with Crippen LogP contribution in [0.1, 0.15) is 30.4 Å². The highest BCUT2D eigenvalue weighted by atomic mass is 16.5. The van der Waals surface area contributed by atoms with Gasteiger partial charge < -0.3 is 9.84 Å². The molecule has 2 aromatic rings. The van der Waals surface area contributed by atoms with Crippen molar-refractivity contribution in [3.63, 3.8) is 0 Å². The summed E-state index contributed by atoms with van der Waals surface area (Å²) in [6.45, 7) is 4.19. The molecule has 5 heteroatoms. The zero-order chi connectivity index (χ0) is 17.1. The highest BCUT2D eigenvalue weighted by Crippen LogP contribution is 2.30. The average molecular weight is 341 g/mol. The normalized spacial score (nSPS) is 27.6. The summed E-state index contributed by atoms with van der Waals surface area (Å²) in [6, 6.07) is 10.8. The van der Waals surface area contributed by atoms with Crippen LogP contribution in [0.5, 0.6) is 0 Å². The van der Waals surface area contributed by atoms with E-state index in [2.05, 4.69) is 40.5 Å². The Kier molecular flexibility index (Phi) is 5.15. The molecule has 1 aromatic carbocycles. The van der Waals surface area contributed by atoms with Crippen molar-refractivity contribution in [1.29, 1.82) is 0 Å². The van der Waals surface area contributed by atoms with Crippen LogP contribution in [0.4, 0.5) is 0 Å². The van der Waals surface area contributed by atoms with Gasteiger partial charge in [0.25, 0.3) is 0 Å².